The monoisotopic (exact) mass is 504 g/mol. The summed E-state index contributed by atoms with van der Waals surface area (Å²) in [6, 6.07) is 12.9. The number of ether oxygens (including phenoxy) is 1. The molecule has 4 rings (SSSR count). The van der Waals surface area contributed by atoms with E-state index in [-0.39, 0.29) is 12.6 Å². The molecule has 2 N–H and O–H groups in total. The summed E-state index contributed by atoms with van der Waals surface area (Å²) in [6.45, 7) is 4.25. The molecule has 0 saturated carbocycles. The fraction of sp³-hybridized carbons (Fsp3) is 0.500. The number of aliphatic carboxylic acids is 1. The van der Waals surface area contributed by atoms with Crippen LogP contribution in [0.1, 0.15) is 61.5 Å². The summed E-state index contributed by atoms with van der Waals surface area (Å²) in [6.07, 6.45) is 2.25. The van der Waals surface area contributed by atoms with Gasteiger partial charge in [-0.1, -0.05) is 42.5 Å². The van der Waals surface area contributed by atoms with E-state index in [1.54, 1.807) is 19.1 Å². The molecule has 2 aromatic rings. The largest absolute Gasteiger partial charge is 0.480 e. The molecule has 35 heavy (non-hydrogen) atoms. The maximum atomic E-state index is 15.4. The van der Waals surface area contributed by atoms with Crippen molar-refractivity contribution in [1.82, 2.24) is 9.62 Å². The second kappa shape index (κ2) is 10.3. The maximum Gasteiger partial charge on any atom is 0.320 e. The highest BCUT2D eigenvalue weighted by atomic mass is 32.2. The molecule has 0 radical (unpaired) electrons. The molecule has 9 heteroatoms. The van der Waals surface area contributed by atoms with Crippen LogP contribution in [0.5, 0.6) is 0 Å². The number of carbonyl (C=O) groups is 1. The van der Waals surface area contributed by atoms with E-state index in [4.69, 9.17) is 4.74 Å². The molecule has 2 heterocycles. The number of nitrogens with one attached hydrogen (secondary N) is 1. The van der Waals surface area contributed by atoms with Crippen LogP contribution in [0.25, 0.3) is 0 Å². The average Bonchev–Trinajstić information content (AvgIpc) is 2.83. The van der Waals surface area contributed by atoms with Gasteiger partial charge in [-0.2, -0.15) is 4.31 Å². The molecule has 7 nitrogen and oxygen atoms in total. The van der Waals surface area contributed by atoms with Gasteiger partial charge in [0, 0.05) is 36.9 Å². The van der Waals surface area contributed by atoms with Gasteiger partial charge >= 0.3 is 5.97 Å². The number of halogens is 1. The highest BCUT2D eigenvalue weighted by Crippen LogP contribution is 2.39. The number of hydrogen-bond acceptors (Lipinski definition) is 5. The summed E-state index contributed by atoms with van der Waals surface area (Å²) >= 11 is 0. The Kier molecular flexibility index (Phi) is 7.61. The number of nitrogens with zero attached hydrogens (tertiary/aromatic N) is 1. The highest BCUT2D eigenvalue weighted by Gasteiger charge is 2.41. The van der Waals surface area contributed by atoms with Crippen LogP contribution in [-0.4, -0.2) is 49.1 Å². The van der Waals surface area contributed by atoms with Crippen LogP contribution >= 0.6 is 0 Å². The first-order valence-corrected chi connectivity index (χ1v) is 13.6. The van der Waals surface area contributed by atoms with Crippen molar-refractivity contribution in [3.8, 4) is 0 Å². The van der Waals surface area contributed by atoms with Crippen molar-refractivity contribution >= 4 is 16.0 Å². The quantitative estimate of drug-likeness (QED) is 0.593. The number of hydrogen-bond donors (Lipinski definition) is 2. The Morgan fingerprint density at radius 2 is 1.89 bits per heavy atom. The van der Waals surface area contributed by atoms with E-state index in [1.807, 2.05) is 37.3 Å². The molecule has 0 aliphatic carbocycles. The Balaban J connectivity index is 1.61. The molecule has 190 valence electrons. The van der Waals surface area contributed by atoms with Gasteiger partial charge in [0.1, 0.15) is 17.1 Å². The predicted octanol–water partition coefficient (Wildman–Crippen LogP) is 3.95. The number of carboxylic acid groups (broad SMARTS) is 1. The fourth-order valence-corrected chi connectivity index (χ4v) is 7.39. The Hall–Kier alpha value is -2.33. The zero-order valence-electron chi connectivity index (χ0n) is 20.1. The molecule has 2 saturated heterocycles. The minimum atomic E-state index is -3.68. The average molecular weight is 505 g/mol. The van der Waals surface area contributed by atoms with Crippen molar-refractivity contribution in [1.29, 1.82) is 0 Å². The number of carboxylic acids is 1. The van der Waals surface area contributed by atoms with Gasteiger partial charge in [-0.15, -0.1) is 0 Å². The summed E-state index contributed by atoms with van der Waals surface area (Å²) in [5.41, 5.74) is 0.969. The zero-order valence-corrected chi connectivity index (χ0v) is 20.9. The zero-order chi connectivity index (χ0) is 25.2. The SMILES string of the molecule is C[C@@H](NC1(c2ccc(CN3[C@@H](C)CC[C@H](c4ccccc4)S3(=O)=O)c(F)c2)CCOCC1)C(=O)O. The van der Waals surface area contributed by atoms with Crippen LogP contribution in [0.3, 0.4) is 0 Å². The molecule has 3 atom stereocenters. The van der Waals surface area contributed by atoms with Crippen molar-refractivity contribution in [3.05, 3.63) is 71.0 Å². The first kappa shape index (κ1) is 25.8. The third kappa shape index (κ3) is 5.28. The maximum absolute atomic E-state index is 15.4. The minimum Gasteiger partial charge on any atom is -0.480 e. The van der Waals surface area contributed by atoms with E-state index >= 15 is 4.39 Å². The standard InChI is InChI=1S/C26H33FN2O5S/c1-18-8-11-24(20-6-4-3-5-7-20)35(32,33)29(18)17-21-9-10-22(16-23(21)27)26(12-14-34-15-13-26)28-19(2)25(30)31/h3-7,9-10,16,18-19,24,28H,8,11-15,17H2,1-2H3,(H,30,31)/t18-,19+,24+/m0/s1. The van der Waals surface area contributed by atoms with Gasteiger partial charge in [0.15, 0.2) is 0 Å². The van der Waals surface area contributed by atoms with Crippen LogP contribution in [0.15, 0.2) is 48.5 Å². The lowest BCUT2D eigenvalue weighted by atomic mass is 9.81. The Morgan fingerprint density at radius 1 is 1.20 bits per heavy atom. The minimum absolute atomic E-state index is 0.0476. The van der Waals surface area contributed by atoms with Crippen molar-refractivity contribution in [2.75, 3.05) is 13.2 Å². The third-order valence-corrected chi connectivity index (χ3v) is 9.71. The molecule has 2 aromatic carbocycles. The molecular weight excluding hydrogens is 471 g/mol. The summed E-state index contributed by atoms with van der Waals surface area (Å²) in [5, 5.41) is 11.9. The second-order valence-electron chi connectivity index (χ2n) is 9.62. The number of benzene rings is 2. The smallest absolute Gasteiger partial charge is 0.320 e. The van der Waals surface area contributed by atoms with Crippen LogP contribution in [0, 0.1) is 5.82 Å². The van der Waals surface area contributed by atoms with Crippen molar-refractivity contribution in [2.45, 2.75) is 68.9 Å². The lowest BCUT2D eigenvalue weighted by Gasteiger charge is -2.40. The summed E-state index contributed by atoms with van der Waals surface area (Å²) in [5.74, 6) is -1.48. The van der Waals surface area contributed by atoms with Crippen LogP contribution in [0.2, 0.25) is 0 Å². The van der Waals surface area contributed by atoms with E-state index in [2.05, 4.69) is 5.32 Å². The van der Waals surface area contributed by atoms with E-state index < -0.39 is 38.6 Å². The lowest BCUT2D eigenvalue weighted by Crippen LogP contribution is -2.52. The lowest BCUT2D eigenvalue weighted by molar-refractivity contribution is -0.140. The first-order valence-electron chi connectivity index (χ1n) is 12.1. The van der Waals surface area contributed by atoms with E-state index in [9.17, 15) is 18.3 Å². The molecule has 2 aliphatic rings. The van der Waals surface area contributed by atoms with Crippen molar-refractivity contribution < 1.29 is 27.4 Å². The van der Waals surface area contributed by atoms with Gasteiger partial charge in [-0.25, -0.2) is 12.8 Å². The van der Waals surface area contributed by atoms with Gasteiger partial charge in [0.25, 0.3) is 0 Å². The van der Waals surface area contributed by atoms with Crippen molar-refractivity contribution in [3.63, 3.8) is 0 Å². The fourth-order valence-electron chi connectivity index (χ4n) is 5.21. The molecule has 0 amide bonds. The normalized spacial score (nSPS) is 25.1. The molecule has 0 spiro atoms. The molecule has 0 unspecified atom stereocenters. The van der Waals surface area contributed by atoms with E-state index in [0.717, 1.165) is 5.56 Å². The van der Waals surface area contributed by atoms with Gasteiger partial charge in [0.05, 0.1) is 0 Å². The number of rotatable bonds is 7. The van der Waals surface area contributed by atoms with Gasteiger partial charge < -0.3 is 9.84 Å². The topological polar surface area (TPSA) is 95.9 Å². The predicted molar refractivity (Wildman–Crippen MR) is 131 cm³/mol. The van der Waals surface area contributed by atoms with E-state index in [1.165, 1.54) is 10.4 Å². The third-order valence-electron chi connectivity index (χ3n) is 7.34. The summed E-state index contributed by atoms with van der Waals surface area (Å²) in [7, 11) is -3.68. The molecule has 2 aliphatic heterocycles. The molecule has 0 bridgehead atoms. The molecule has 0 aromatic heterocycles. The molecular formula is C26H33FN2O5S. The first-order chi connectivity index (χ1) is 16.6. The van der Waals surface area contributed by atoms with Crippen molar-refractivity contribution in [2.24, 2.45) is 0 Å². The van der Waals surface area contributed by atoms with Gasteiger partial charge in [0.2, 0.25) is 10.0 Å². The van der Waals surface area contributed by atoms with Crippen LogP contribution < -0.4 is 5.32 Å². The van der Waals surface area contributed by atoms with Gasteiger partial charge in [-0.05, 0) is 56.7 Å². The Labute approximate surface area is 206 Å². The summed E-state index contributed by atoms with van der Waals surface area (Å²) in [4.78, 5) is 11.5. The number of sulfonamides is 1. The highest BCUT2D eigenvalue weighted by molar-refractivity contribution is 7.89. The van der Waals surface area contributed by atoms with Crippen LogP contribution in [0.4, 0.5) is 4.39 Å². The van der Waals surface area contributed by atoms with E-state index in [0.29, 0.717) is 50.0 Å². The Bertz CT molecular complexity index is 1150. The molecule has 2 fully saturated rings. The van der Waals surface area contributed by atoms with Gasteiger partial charge in [-0.3, -0.25) is 10.1 Å². The van der Waals surface area contributed by atoms with Crippen LogP contribution in [-0.2, 0) is 31.6 Å². The second-order valence-corrected chi connectivity index (χ2v) is 11.7. The Morgan fingerprint density at radius 3 is 2.51 bits per heavy atom. The summed E-state index contributed by atoms with van der Waals surface area (Å²) < 4.78 is 49.3.